The van der Waals surface area contributed by atoms with Crippen LogP contribution in [0.3, 0.4) is 0 Å². The highest BCUT2D eigenvalue weighted by Gasteiger charge is 2.65. The van der Waals surface area contributed by atoms with Gasteiger partial charge in [-0.2, -0.15) is 0 Å². The van der Waals surface area contributed by atoms with Gasteiger partial charge in [-0.1, -0.05) is 13.8 Å². The van der Waals surface area contributed by atoms with Gasteiger partial charge in [-0.15, -0.1) is 0 Å². The van der Waals surface area contributed by atoms with Crippen LogP contribution in [0.4, 0.5) is 0 Å². The minimum atomic E-state index is -0.900. The van der Waals surface area contributed by atoms with Gasteiger partial charge in [-0.25, -0.2) is 0 Å². The number of hydrogen-bond donors (Lipinski definition) is 3. The van der Waals surface area contributed by atoms with Gasteiger partial charge in [0.2, 0.25) is 0 Å². The lowest BCUT2D eigenvalue weighted by Gasteiger charge is -2.61. The summed E-state index contributed by atoms with van der Waals surface area (Å²) in [4.78, 5) is 0. The fraction of sp³-hybridized carbons (Fsp3) is 1.00. The van der Waals surface area contributed by atoms with Crippen LogP contribution in [0.15, 0.2) is 0 Å². The minimum absolute atomic E-state index is 0.0831. The summed E-state index contributed by atoms with van der Waals surface area (Å²) >= 11 is 0. The lowest BCUT2D eigenvalue weighted by Crippen LogP contribution is -2.59. The lowest BCUT2D eigenvalue weighted by molar-refractivity contribution is -0.186. The van der Waals surface area contributed by atoms with E-state index in [1.54, 1.807) is 6.92 Å². The molecule has 4 aliphatic rings. The van der Waals surface area contributed by atoms with E-state index in [4.69, 9.17) is 0 Å². The summed E-state index contributed by atoms with van der Waals surface area (Å²) < 4.78 is 0. The molecule has 0 saturated heterocycles. The van der Waals surface area contributed by atoms with Gasteiger partial charge < -0.3 is 15.3 Å². The summed E-state index contributed by atoms with van der Waals surface area (Å²) in [7, 11) is 0. The van der Waals surface area contributed by atoms with Gasteiger partial charge in [0.25, 0.3) is 0 Å². The largest absolute Gasteiger partial charge is 0.393 e. The summed E-state index contributed by atoms with van der Waals surface area (Å²) in [5.41, 5.74) is -0.641. The van der Waals surface area contributed by atoms with Crippen molar-refractivity contribution in [1.82, 2.24) is 0 Å². The highest BCUT2D eigenvalue weighted by molar-refractivity contribution is 5.15. The van der Waals surface area contributed by atoms with E-state index in [1.165, 1.54) is 25.7 Å². The van der Waals surface area contributed by atoms with Crippen molar-refractivity contribution in [3.8, 4) is 0 Å². The van der Waals surface area contributed by atoms with Crippen LogP contribution in [0.25, 0.3) is 0 Å². The molecule has 0 aromatic heterocycles. The second-order valence-electron chi connectivity index (χ2n) is 10.2. The van der Waals surface area contributed by atoms with Crippen LogP contribution in [-0.4, -0.2) is 33.1 Å². The molecule has 4 saturated carbocycles. The lowest BCUT2D eigenvalue weighted by atomic mass is 9.44. The molecule has 4 rings (SSSR count). The van der Waals surface area contributed by atoms with E-state index in [2.05, 4.69) is 13.8 Å². The molecule has 3 nitrogen and oxygen atoms in total. The summed E-state index contributed by atoms with van der Waals surface area (Å²) in [6, 6.07) is 0. The van der Waals surface area contributed by atoms with Crippen molar-refractivity contribution in [3.63, 3.8) is 0 Å². The van der Waals surface area contributed by atoms with Crippen molar-refractivity contribution in [3.05, 3.63) is 0 Å². The van der Waals surface area contributed by atoms with E-state index in [0.29, 0.717) is 23.2 Å². The SMILES string of the molecule is C[C@@H](O)[C@]1(O)CC[C@@H]2[C@H]3CC[C@H]4C[C@@H](O)CC[C@]4(C)[C@@H]3CC[C@@]21C. The van der Waals surface area contributed by atoms with Crippen LogP contribution in [-0.2, 0) is 0 Å². The molecule has 0 heterocycles. The highest BCUT2D eigenvalue weighted by atomic mass is 16.3. The Kier molecular flexibility index (Phi) is 3.92. The Bertz CT molecular complexity index is 505. The van der Waals surface area contributed by atoms with E-state index in [-0.39, 0.29) is 11.5 Å². The second kappa shape index (κ2) is 5.44. The molecule has 3 N–H and O–H groups in total. The van der Waals surface area contributed by atoms with Crippen molar-refractivity contribution in [2.75, 3.05) is 0 Å². The van der Waals surface area contributed by atoms with Gasteiger partial charge in [0.15, 0.2) is 0 Å². The number of hydrogen-bond acceptors (Lipinski definition) is 3. The van der Waals surface area contributed by atoms with Crippen LogP contribution in [0, 0.1) is 34.5 Å². The molecular weight excluding hydrogens is 300 g/mol. The minimum Gasteiger partial charge on any atom is -0.393 e. The first-order valence-corrected chi connectivity index (χ1v) is 10.3. The number of aliphatic hydroxyl groups is 3. The van der Waals surface area contributed by atoms with Crippen molar-refractivity contribution >= 4 is 0 Å². The third-order valence-corrected chi connectivity index (χ3v) is 9.54. The normalized spacial score (nSPS) is 58.5. The average Bonchev–Trinajstić information content (AvgIpc) is 2.81. The molecule has 3 heteroatoms. The Hall–Kier alpha value is -0.120. The van der Waals surface area contributed by atoms with E-state index in [1.807, 2.05) is 0 Å². The average molecular weight is 337 g/mol. The molecule has 0 radical (unpaired) electrons. The Morgan fingerprint density at radius 3 is 2.33 bits per heavy atom. The van der Waals surface area contributed by atoms with Crippen LogP contribution >= 0.6 is 0 Å². The van der Waals surface area contributed by atoms with E-state index in [0.717, 1.165) is 38.0 Å². The molecule has 9 atom stereocenters. The molecule has 0 unspecified atom stereocenters. The smallest absolute Gasteiger partial charge is 0.0958 e. The molecule has 0 amide bonds. The van der Waals surface area contributed by atoms with Crippen LogP contribution in [0.5, 0.6) is 0 Å². The molecule has 0 bridgehead atoms. The number of rotatable bonds is 1. The Morgan fingerprint density at radius 1 is 0.917 bits per heavy atom. The molecular formula is C21H36O3. The second-order valence-corrected chi connectivity index (χ2v) is 10.2. The molecule has 0 aliphatic heterocycles. The fourth-order valence-electron chi connectivity index (χ4n) is 7.97. The third kappa shape index (κ3) is 2.07. The monoisotopic (exact) mass is 336 g/mol. The molecule has 24 heavy (non-hydrogen) atoms. The maximum atomic E-state index is 11.3. The summed E-state index contributed by atoms with van der Waals surface area (Å²) in [6.07, 6.45) is 8.99. The molecule has 4 aliphatic carbocycles. The number of aliphatic hydroxyl groups excluding tert-OH is 2. The van der Waals surface area contributed by atoms with Crippen LogP contribution in [0.2, 0.25) is 0 Å². The number of fused-ring (bicyclic) bond motifs is 5. The van der Waals surface area contributed by atoms with E-state index in [9.17, 15) is 15.3 Å². The maximum Gasteiger partial charge on any atom is 0.0958 e. The Labute approximate surface area is 146 Å². The molecule has 0 aromatic rings. The summed E-state index contributed by atoms with van der Waals surface area (Å²) in [5.74, 6) is 2.69. The third-order valence-electron chi connectivity index (χ3n) is 9.54. The predicted octanol–water partition coefficient (Wildman–Crippen LogP) is 3.50. The zero-order chi connectivity index (χ0) is 17.3. The van der Waals surface area contributed by atoms with Gasteiger partial charge in [0.1, 0.15) is 0 Å². The highest BCUT2D eigenvalue weighted by Crippen LogP contribution is 2.68. The standard InChI is InChI=1S/C21H36O3/c1-13(22)21(24)11-8-18-16-5-4-14-12-15(23)6-9-19(14,2)17(16)7-10-20(18,21)3/h13-18,22-24H,4-12H2,1-3H3/t13-,14+,15+,16+,17-,18-,19+,20+,21-/m1/s1. The first kappa shape index (κ1) is 17.3. The van der Waals surface area contributed by atoms with E-state index < -0.39 is 11.7 Å². The molecule has 4 fully saturated rings. The molecule has 138 valence electrons. The molecule has 0 spiro atoms. The van der Waals surface area contributed by atoms with Crippen molar-refractivity contribution in [2.24, 2.45) is 34.5 Å². The maximum absolute atomic E-state index is 11.3. The van der Waals surface area contributed by atoms with Gasteiger partial charge in [0, 0.05) is 5.41 Å². The van der Waals surface area contributed by atoms with Gasteiger partial charge >= 0.3 is 0 Å². The van der Waals surface area contributed by atoms with E-state index >= 15 is 0 Å². The zero-order valence-electron chi connectivity index (χ0n) is 15.7. The van der Waals surface area contributed by atoms with Crippen molar-refractivity contribution < 1.29 is 15.3 Å². The van der Waals surface area contributed by atoms with Crippen molar-refractivity contribution in [2.45, 2.75) is 96.4 Å². The summed E-state index contributed by atoms with van der Waals surface area (Å²) in [5, 5.41) is 31.7. The van der Waals surface area contributed by atoms with Crippen molar-refractivity contribution in [1.29, 1.82) is 0 Å². The fourth-order valence-corrected chi connectivity index (χ4v) is 7.97. The first-order chi connectivity index (χ1) is 11.2. The summed E-state index contributed by atoms with van der Waals surface area (Å²) in [6.45, 7) is 6.53. The molecule has 0 aromatic carbocycles. The van der Waals surface area contributed by atoms with Gasteiger partial charge in [-0.3, -0.25) is 0 Å². The Morgan fingerprint density at radius 2 is 1.62 bits per heavy atom. The van der Waals surface area contributed by atoms with Crippen LogP contribution in [0.1, 0.15) is 78.6 Å². The van der Waals surface area contributed by atoms with Gasteiger partial charge in [0.05, 0.1) is 17.8 Å². The predicted molar refractivity (Wildman–Crippen MR) is 94.4 cm³/mol. The van der Waals surface area contributed by atoms with Crippen LogP contribution < -0.4 is 0 Å². The van der Waals surface area contributed by atoms with Gasteiger partial charge in [-0.05, 0) is 93.8 Å². The quantitative estimate of drug-likeness (QED) is 0.687. The first-order valence-electron chi connectivity index (χ1n) is 10.3. The zero-order valence-corrected chi connectivity index (χ0v) is 15.7. The Balaban J connectivity index is 1.63. The topological polar surface area (TPSA) is 60.7 Å².